The number of nitrogens with one attached hydrogen (secondary N) is 1. The van der Waals surface area contributed by atoms with Crippen molar-refractivity contribution < 1.29 is 5.11 Å². The lowest BCUT2D eigenvalue weighted by atomic mass is 9.71. The minimum Gasteiger partial charge on any atom is -0.392 e. The molecule has 0 aliphatic carbocycles. The third kappa shape index (κ3) is 3.87. The summed E-state index contributed by atoms with van der Waals surface area (Å²) in [5, 5.41) is 14.9. The van der Waals surface area contributed by atoms with Gasteiger partial charge in [-0.25, -0.2) is 4.98 Å². The Morgan fingerprint density at radius 3 is 2.79 bits per heavy atom. The highest BCUT2D eigenvalue weighted by Gasteiger charge is 2.41. The third-order valence-electron chi connectivity index (χ3n) is 6.41. The number of nitrogens with zero attached hydrogens (tertiary/aromatic N) is 3. The standard InChI is InChI=1S/C22H28N4OS/c27-18-11-22(16-26(13-18)12-17-5-10-28-15-17)6-8-25(9-7-22)14-21-23-19-3-1-2-4-20(19)24-21/h1-5,10,15,18,27H,6-9,11-14,16H2,(H,23,24). The Balaban J connectivity index is 1.21. The molecule has 3 aromatic rings. The topological polar surface area (TPSA) is 55.4 Å². The zero-order chi connectivity index (χ0) is 19.0. The molecule has 2 fully saturated rings. The molecule has 0 radical (unpaired) electrons. The van der Waals surface area contributed by atoms with Crippen LogP contribution < -0.4 is 0 Å². The van der Waals surface area contributed by atoms with E-state index in [1.165, 1.54) is 5.56 Å². The summed E-state index contributed by atoms with van der Waals surface area (Å²) in [7, 11) is 0. The molecule has 1 unspecified atom stereocenters. The zero-order valence-corrected chi connectivity index (χ0v) is 17.0. The van der Waals surface area contributed by atoms with Gasteiger partial charge in [-0.1, -0.05) is 12.1 Å². The number of piperidine rings is 2. The summed E-state index contributed by atoms with van der Waals surface area (Å²) in [6, 6.07) is 10.4. The number of β-amino-alcohol motifs (C(OH)–C–C–N with tert-alkyl or cyclic N) is 1. The lowest BCUT2D eigenvalue weighted by Crippen LogP contribution is -2.53. The summed E-state index contributed by atoms with van der Waals surface area (Å²) in [5.74, 6) is 1.06. The predicted octanol–water partition coefficient (Wildman–Crippen LogP) is 3.47. The van der Waals surface area contributed by atoms with Gasteiger partial charge in [0.25, 0.3) is 0 Å². The number of thiophene rings is 1. The summed E-state index contributed by atoms with van der Waals surface area (Å²) in [6.45, 7) is 5.92. The van der Waals surface area contributed by atoms with Crippen molar-refractivity contribution in [1.29, 1.82) is 0 Å². The smallest absolute Gasteiger partial charge is 0.121 e. The van der Waals surface area contributed by atoms with Gasteiger partial charge >= 0.3 is 0 Å². The number of aliphatic hydroxyl groups excluding tert-OH is 1. The number of rotatable bonds is 4. The van der Waals surface area contributed by atoms with Gasteiger partial charge in [0, 0.05) is 19.6 Å². The monoisotopic (exact) mass is 396 g/mol. The second kappa shape index (κ2) is 7.59. The summed E-state index contributed by atoms with van der Waals surface area (Å²) in [4.78, 5) is 13.2. The Labute approximate surface area is 170 Å². The van der Waals surface area contributed by atoms with E-state index in [1.54, 1.807) is 11.3 Å². The van der Waals surface area contributed by atoms with Crippen LogP contribution in [0.15, 0.2) is 41.1 Å². The second-order valence-electron chi connectivity index (χ2n) is 8.64. The van der Waals surface area contributed by atoms with E-state index in [1.807, 2.05) is 12.1 Å². The van der Waals surface area contributed by atoms with Gasteiger partial charge in [-0.2, -0.15) is 11.3 Å². The molecule has 0 amide bonds. The molecule has 0 saturated carbocycles. The maximum absolute atomic E-state index is 10.5. The van der Waals surface area contributed by atoms with Gasteiger partial charge in [-0.3, -0.25) is 9.80 Å². The number of imidazole rings is 1. The maximum Gasteiger partial charge on any atom is 0.121 e. The number of hydrogen-bond acceptors (Lipinski definition) is 5. The van der Waals surface area contributed by atoms with Crippen LogP contribution in [-0.2, 0) is 13.1 Å². The Morgan fingerprint density at radius 2 is 2.00 bits per heavy atom. The van der Waals surface area contributed by atoms with Crippen LogP contribution in [0.4, 0.5) is 0 Å². The first-order valence-electron chi connectivity index (χ1n) is 10.3. The van der Waals surface area contributed by atoms with Crippen molar-refractivity contribution in [3.8, 4) is 0 Å². The van der Waals surface area contributed by atoms with Crippen molar-refractivity contribution >= 4 is 22.4 Å². The highest BCUT2D eigenvalue weighted by Crippen LogP contribution is 2.40. The molecule has 1 atom stereocenters. The van der Waals surface area contributed by atoms with E-state index >= 15 is 0 Å². The minimum atomic E-state index is -0.200. The quantitative estimate of drug-likeness (QED) is 0.709. The van der Waals surface area contributed by atoms with Crippen LogP contribution in [-0.4, -0.2) is 57.2 Å². The van der Waals surface area contributed by atoms with E-state index in [2.05, 4.69) is 43.7 Å². The van der Waals surface area contributed by atoms with Gasteiger partial charge in [0.15, 0.2) is 0 Å². The first-order chi connectivity index (χ1) is 13.7. The number of likely N-dealkylation sites (tertiary alicyclic amines) is 2. The molecule has 148 valence electrons. The van der Waals surface area contributed by atoms with E-state index in [0.717, 1.165) is 75.4 Å². The second-order valence-corrected chi connectivity index (χ2v) is 9.42. The van der Waals surface area contributed by atoms with Crippen molar-refractivity contribution in [3.05, 3.63) is 52.5 Å². The van der Waals surface area contributed by atoms with E-state index in [-0.39, 0.29) is 11.5 Å². The molecule has 2 saturated heterocycles. The molecule has 5 rings (SSSR count). The van der Waals surface area contributed by atoms with Gasteiger partial charge in [0.05, 0.1) is 23.7 Å². The van der Waals surface area contributed by atoms with Gasteiger partial charge in [-0.05, 0) is 72.3 Å². The van der Waals surface area contributed by atoms with E-state index in [9.17, 15) is 5.11 Å². The van der Waals surface area contributed by atoms with Gasteiger partial charge in [-0.15, -0.1) is 0 Å². The first kappa shape index (κ1) is 18.3. The first-order valence-corrected chi connectivity index (χ1v) is 11.2. The lowest BCUT2D eigenvalue weighted by Gasteiger charge is -2.49. The highest BCUT2D eigenvalue weighted by atomic mass is 32.1. The molecule has 28 heavy (non-hydrogen) atoms. The van der Waals surface area contributed by atoms with Crippen molar-refractivity contribution in [2.75, 3.05) is 26.2 Å². The number of fused-ring (bicyclic) bond motifs is 1. The van der Waals surface area contributed by atoms with Crippen molar-refractivity contribution in [2.24, 2.45) is 5.41 Å². The fraction of sp³-hybridized carbons (Fsp3) is 0.500. The number of hydrogen-bond donors (Lipinski definition) is 2. The molecule has 1 spiro atoms. The molecule has 2 aliphatic heterocycles. The van der Waals surface area contributed by atoms with Crippen LogP contribution in [0, 0.1) is 5.41 Å². The summed E-state index contributed by atoms with van der Waals surface area (Å²) in [5.41, 5.74) is 3.80. The summed E-state index contributed by atoms with van der Waals surface area (Å²) in [6.07, 6.45) is 3.06. The highest BCUT2D eigenvalue weighted by molar-refractivity contribution is 7.07. The van der Waals surface area contributed by atoms with Gasteiger partial charge in [0.2, 0.25) is 0 Å². The van der Waals surface area contributed by atoms with E-state index in [0.29, 0.717) is 0 Å². The van der Waals surface area contributed by atoms with Gasteiger partial charge < -0.3 is 10.1 Å². The van der Waals surface area contributed by atoms with Crippen LogP contribution in [0.5, 0.6) is 0 Å². The van der Waals surface area contributed by atoms with Crippen molar-refractivity contribution in [3.63, 3.8) is 0 Å². The van der Waals surface area contributed by atoms with Crippen LogP contribution in [0.1, 0.15) is 30.7 Å². The Morgan fingerprint density at radius 1 is 1.14 bits per heavy atom. The molecular weight excluding hydrogens is 368 g/mol. The fourth-order valence-corrected chi connectivity index (χ4v) is 5.73. The van der Waals surface area contributed by atoms with Crippen LogP contribution in [0.25, 0.3) is 11.0 Å². The Hall–Kier alpha value is -1.73. The Kier molecular flexibility index (Phi) is 4.97. The molecule has 4 heterocycles. The average molecular weight is 397 g/mol. The SMILES string of the molecule is OC1CN(Cc2ccsc2)CC2(CCN(Cc3nc4ccccc4[nH]3)CC2)C1. The number of aromatic nitrogens is 2. The van der Waals surface area contributed by atoms with E-state index < -0.39 is 0 Å². The fourth-order valence-electron chi connectivity index (χ4n) is 5.07. The molecule has 5 nitrogen and oxygen atoms in total. The molecule has 2 aliphatic rings. The van der Waals surface area contributed by atoms with Crippen LogP contribution >= 0.6 is 11.3 Å². The van der Waals surface area contributed by atoms with Crippen LogP contribution in [0.2, 0.25) is 0 Å². The largest absolute Gasteiger partial charge is 0.392 e. The molecule has 1 aromatic carbocycles. The minimum absolute atomic E-state index is 0.200. The van der Waals surface area contributed by atoms with E-state index in [4.69, 9.17) is 4.98 Å². The molecular formula is C22H28N4OS. The number of H-pyrrole nitrogens is 1. The molecule has 2 N–H and O–H groups in total. The average Bonchev–Trinajstić information content (AvgIpc) is 3.32. The zero-order valence-electron chi connectivity index (χ0n) is 16.2. The van der Waals surface area contributed by atoms with Crippen LogP contribution in [0.3, 0.4) is 0 Å². The number of aromatic amines is 1. The number of para-hydroxylation sites is 2. The molecule has 6 heteroatoms. The molecule has 2 aromatic heterocycles. The summed E-state index contributed by atoms with van der Waals surface area (Å²) < 4.78 is 0. The predicted molar refractivity (Wildman–Crippen MR) is 113 cm³/mol. The van der Waals surface area contributed by atoms with Gasteiger partial charge in [0.1, 0.15) is 5.82 Å². The number of benzene rings is 1. The number of aliphatic hydroxyl groups is 1. The normalized spacial score (nSPS) is 23.5. The summed E-state index contributed by atoms with van der Waals surface area (Å²) >= 11 is 1.75. The lowest BCUT2D eigenvalue weighted by molar-refractivity contribution is -0.0448. The Bertz CT molecular complexity index is 881. The van der Waals surface area contributed by atoms with Crippen molar-refractivity contribution in [2.45, 2.75) is 38.5 Å². The third-order valence-corrected chi connectivity index (χ3v) is 7.14. The maximum atomic E-state index is 10.5. The van der Waals surface area contributed by atoms with Crippen molar-refractivity contribution in [1.82, 2.24) is 19.8 Å². The molecule has 0 bridgehead atoms.